The molecular weight excluding hydrogens is 166 g/mol. The summed E-state index contributed by atoms with van der Waals surface area (Å²) in [5.74, 6) is 0. The van der Waals surface area contributed by atoms with Crippen molar-refractivity contribution in [2.75, 3.05) is 19.8 Å². The molecule has 0 aromatic rings. The maximum absolute atomic E-state index is 9.46. The largest absolute Gasteiger partial charge is 0.393 e. The van der Waals surface area contributed by atoms with Crippen LogP contribution in [0.3, 0.4) is 0 Å². The van der Waals surface area contributed by atoms with E-state index in [1.807, 2.05) is 0 Å². The highest BCUT2D eigenvalue weighted by Gasteiger charge is 2.31. The van der Waals surface area contributed by atoms with Crippen molar-refractivity contribution < 1.29 is 9.84 Å². The Kier molecular flexibility index (Phi) is 2.86. The fourth-order valence-electron chi connectivity index (χ4n) is 2.52. The molecule has 1 heterocycles. The van der Waals surface area contributed by atoms with Gasteiger partial charge in [-0.25, -0.2) is 0 Å². The highest BCUT2D eigenvalue weighted by Crippen LogP contribution is 2.26. The number of aliphatic hydroxyl groups is 1. The summed E-state index contributed by atoms with van der Waals surface area (Å²) in [6.45, 7) is 4.96. The van der Waals surface area contributed by atoms with Crippen LogP contribution in [0.5, 0.6) is 0 Å². The molecule has 0 aromatic carbocycles. The maximum Gasteiger partial charge on any atom is 0.0619 e. The van der Waals surface area contributed by atoms with Crippen LogP contribution in [0.4, 0.5) is 0 Å². The minimum atomic E-state index is -0.0555. The van der Waals surface area contributed by atoms with Gasteiger partial charge in [-0.15, -0.1) is 0 Å². The number of hydrogen-bond donors (Lipinski definition) is 1. The Morgan fingerprint density at radius 3 is 2.85 bits per heavy atom. The third-order valence-corrected chi connectivity index (χ3v) is 3.27. The molecule has 1 saturated heterocycles. The summed E-state index contributed by atoms with van der Waals surface area (Å²) in [6, 6.07) is 1.14. The lowest BCUT2D eigenvalue weighted by Gasteiger charge is -2.37. The van der Waals surface area contributed by atoms with Crippen LogP contribution in [-0.4, -0.2) is 48.0 Å². The molecule has 0 radical (unpaired) electrons. The smallest absolute Gasteiger partial charge is 0.0619 e. The number of morpholine rings is 1. The van der Waals surface area contributed by atoms with E-state index >= 15 is 0 Å². The average Bonchev–Trinajstić information content (AvgIpc) is 2.53. The molecule has 3 nitrogen and oxygen atoms in total. The van der Waals surface area contributed by atoms with E-state index in [-0.39, 0.29) is 6.10 Å². The lowest BCUT2D eigenvalue weighted by molar-refractivity contribution is -0.0227. The van der Waals surface area contributed by atoms with Gasteiger partial charge in [0.1, 0.15) is 0 Å². The molecule has 1 N–H and O–H groups in total. The maximum atomic E-state index is 9.46. The van der Waals surface area contributed by atoms with Gasteiger partial charge < -0.3 is 9.84 Å². The number of hydrogen-bond acceptors (Lipinski definition) is 3. The lowest BCUT2D eigenvalue weighted by atomic mass is 10.1. The van der Waals surface area contributed by atoms with Crippen molar-refractivity contribution in [3.63, 3.8) is 0 Å². The van der Waals surface area contributed by atoms with E-state index in [0.29, 0.717) is 12.1 Å². The number of aliphatic hydroxyl groups excluding tert-OH is 1. The summed E-state index contributed by atoms with van der Waals surface area (Å²) in [6.07, 6.45) is 3.05. The zero-order chi connectivity index (χ0) is 9.26. The van der Waals surface area contributed by atoms with Crippen LogP contribution < -0.4 is 0 Å². The van der Waals surface area contributed by atoms with Crippen molar-refractivity contribution >= 4 is 0 Å². The molecule has 76 valence electrons. The zero-order valence-corrected chi connectivity index (χ0v) is 8.28. The van der Waals surface area contributed by atoms with Crippen LogP contribution >= 0.6 is 0 Å². The third kappa shape index (κ3) is 2.03. The fourth-order valence-corrected chi connectivity index (χ4v) is 2.52. The monoisotopic (exact) mass is 185 g/mol. The van der Waals surface area contributed by atoms with Gasteiger partial charge in [0.2, 0.25) is 0 Å². The SMILES string of the molecule is CC1COCCN1C1CCC(O)C1. The number of ether oxygens (including phenoxy) is 1. The van der Waals surface area contributed by atoms with Crippen molar-refractivity contribution in [2.45, 2.75) is 44.4 Å². The van der Waals surface area contributed by atoms with E-state index in [2.05, 4.69) is 11.8 Å². The Hall–Kier alpha value is -0.120. The second-order valence-corrected chi connectivity index (χ2v) is 4.28. The molecule has 1 aliphatic carbocycles. The van der Waals surface area contributed by atoms with Crippen molar-refractivity contribution in [1.82, 2.24) is 4.90 Å². The van der Waals surface area contributed by atoms with Gasteiger partial charge in [-0.05, 0) is 26.2 Å². The second-order valence-electron chi connectivity index (χ2n) is 4.28. The summed E-state index contributed by atoms with van der Waals surface area (Å²) in [4.78, 5) is 2.50. The van der Waals surface area contributed by atoms with Gasteiger partial charge in [0.05, 0.1) is 19.3 Å². The van der Waals surface area contributed by atoms with E-state index in [9.17, 15) is 5.11 Å². The molecule has 0 spiro atoms. The van der Waals surface area contributed by atoms with Gasteiger partial charge in [0.25, 0.3) is 0 Å². The summed E-state index contributed by atoms with van der Waals surface area (Å²) in [5.41, 5.74) is 0. The molecule has 3 unspecified atom stereocenters. The van der Waals surface area contributed by atoms with Gasteiger partial charge >= 0.3 is 0 Å². The van der Waals surface area contributed by atoms with Crippen LogP contribution in [0.2, 0.25) is 0 Å². The Balaban J connectivity index is 1.91. The lowest BCUT2D eigenvalue weighted by Crippen LogP contribution is -2.48. The van der Waals surface area contributed by atoms with E-state index in [1.54, 1.807) is 0 Å². The van der Waals surface area contributed by atoms with Crippen molar-refractivity contribution in [1.29, 1.82) is 0 Å². The Bertz CT molecular complexity index is 174. The van der Waals surface area contributed by atoms with Crippen molar-refractivity contribution in [3.8, 4) is 0 Å². The minimum absolute atomic E-state index is 0.0555. The molecule has 0 amide bonds. The molecule has 0 bridgehead atoms. The standard InChI is InChI=1S/C10H19NO2/c1-8-7-13-5-4-11(8)9-2-3-10(12)6-9/h8-10,12H,2-7H2,1H3. The highest BCUT2D eigenvalue weighted by molar-refractivity contribution is 4.86. The van der Waals surface area contributed by atoms with Crippen LogP contribution in [-0.2, 0) is 4.74 Å². The topological polar surface area (TPSA) is 32.7 Å². The number of rotatable bonds is 1. The van der Waals surface area contributed by atoms with Crippen LogP contribution in [0.1, 0.15) is 26.2 Å². The van der Waals surface area contributed by atoms with Crippen LogP contribution in [0.15, 0.2) is 0 Å². The van der Waals surface area contributed by atoms with Crippen molar-refractivity contribution in [3.05, 3.63) is 0 Å². The molecule has 1 saturated carbocycles. The summed E-state index contributed by atoms with van der Waals surface area (Å²) >= 11 is 0. The first-order valence-electron chi connectivity index (χ1n) is 5.29. The van der Waals surface area contributed by atoms with E-state index in [0.717, 1.165) is 39.0 Å². The van der Waals surface area contributed by atoms with Crippen LogP contribution in [0, 0.1) is 0 Å². The molecule has 2 rings (SSSR count). The van der Waals surface area contributed by atoms with Gasteiger partial charge in [-0.2, -0.15) is 0 Å². The third-order valence-electron chi connectivity index (χ3n) is 3.27. The predicted molar refractivity (Wildman–Crippen MR) is 50.6 cm³/mol. The molecule has 0 aromatic heterocycles. The number of nitrogens with zero attached hydrogens (tertiary/aromatic N) is 1. The highest BCUT2D eigenvalue weighted by atomic mass is 16.5. The van der Waals surface area contributed by atoms with E-state index in [4.69, 9.17) is 4.74 Å². The average molecular weight is 185 g/mol. The minimum Gasteiger partial charge on any atom is -0.393 e. The zero-order valence-electron chi connectivity index (χ0n) is 8.28. The fraction of sp³-hybridized carbons (Fsp3) is 1.00. The van der Waals surface area contributed by atoms with Gasteiger partial charge in [-0.3, -0.25) is 4.90 Å². The first kappa shape index (κ1) is 9.44. The molecular formula is C10H19NO2. The molecule has 1 aliphatic heterocycles. The van der Waals surface area contributed by atoms with Gasteiger partial charge in [0, 0.05) is 18.6 Å². The van der Waals surface area contributed by atoms with E-state index in [1.165, 1.54) is 0 Å². The predicted octanol–water partition coefficient (Wildman–Crippen LogP) is 0.620. The molecule has 2 fully saturated rings. The molecule has 13 heavy (non-hydrogen) atoms. The normalized spacial score (nSPS) is 42.5. The first-order valence-corrected chi connectivity index (χ1v) is 5.29. The van der Waals surface area contributed by atoms with Crippen molar-refractivity contribution in [2.24, 2.45) is 0 Å². The quantitative estimate of drug-likeness (QED) is 0.650. The van der Waals surface area contributed by atoms with Gasteiger partial charge in [-0.1, -0.05) is 0 Å². The van der Waals surface area contributed by atoms with Crippen LogP contribution in [0.25, 0.3) is 0 Å². The Morgan fingerprint density at radius 1 is 1.38 bits per heavy atom. The van der Waals surface area contributed by atoms with E-state index < -0.39 is 0 Å². The summed E-state index contributed by atoms with van der Waals surface area (Å²) < 4.78 is 5.39. The second kappa shape index (κ2) is 3.95. The molecule has 3 heteroatoms. The summed E-state index contributed by atoms with van der Waals surface area (Å²) in [7, 11) is 0. The first-order chi connectivity index (χ1) is 6.27. The summed E-state index contributed by atoms with van der Waals surface area (Å²) in [5, 5.41) is 9.46. The Morgan fingerprint density at radius 2 is 2.23 bits per heavy atom. The molecule has 3 atom stereocenters. The van der Waals surface area contributed by atoms with Gasteiger partial charge in [0.15, 0.2) is 0 Å². The Labute approximate surface area is 79.7 Å². The molecule has 2 aliphatic rings.